The Kier molecular flexibility index (Phi) is 2.39. The number of carbonyl (C=O) groups is 1. The number of rotatable bonds is 1. The van der Waals surface area contributed by atoms with Gasteiger partial charge < -0.3 is 9.32 Å². The van der Waals surface area contributed by atoms with Crippen molar-refractivity contribution in [1.82, 2.24) is 15.1 Å². The van der Waals surface area contributed by atoms with Crippen LogP contribution in [-0.4, -0.2) is 27.5 Å². The lowest BCUT2D eigenvalue weighted by atomic mass is 10.1. The number of H-pyrrole nitrogens is 1. The second-order valence-electron chi connectivity index (χ2n) is 5.00. The number of nitrogens with zero attached hydrogens (tertiary/aromatic N) is 2. The predicted octanol–water partition coefficient (Wildman–Crippen LogP) is 2.35. The Hall–Kier alpha value is -2.56. The Morgan fingerprint density at radius 1 is 1.35 bits per heavy atom. The lowest BCUT2D eigenvalue weighted by Gasteiger charge is -2.25. The number of hydrogen-bond acceptors (Lipinski definition) is 3. The van der Waals surface area contributed by atoms with Crippen LogP contribution >= 0.6 is 0 Å². The van der Waals surface area contributed by atoms with Gasteiger partial charge in [0.25, 0.3) is 5.91 Å². The maximum atomic E-state index is 12.5. The molecule has 3 aromatic rings. The zero-order valence-corrected chi connectivity index (χ0v) is 10.8. The van der Waals surface area contributed by atoms with Gasteiger partial charge in [-0.3, -0.25) is 9.89 Å². The molecule has 20 heavy (non-hydrogen) atoms. The van der Waals surface area contributed by atoms with Gasteiger partial charge in [0.1, 0.15) is 5.58 Å². The summed E-state index contributed by atoms with van der Waals surface area (Å²) >= 11 is 0. The molecule has 0 fully saturated rings. The van der Waals surface area contributed by atoms with Gasteiger partial charge in [-0.05, 0) is 12.1 Å². The number of nitrogens with one attached hydrogen (secondary N) is 1. The van der Waals surface area contributed by atoms with Gasteiger partial charge >= 0.3 is 0 Å². The van der Waals surface area contributed by atoms with Gasteiger partial charge in [0, 0.05) is 36.2 Å². The number of aromatic amines is 1. The molecule has 5 heteroatoms. The summed E-state index contributed by atoms with van der Waals surface area (Å²) in [6.07, 6.45) is 2.59. The molecular weight excluding hydrogens is 254 g/mol. The van der Waals surface area contributed by atoms with E-state index in [9.17, 15) is 4.79 Å². The second kappa shape index (κ2) is 4.23. The molecule has 1 N–H and O–H groups in total. The summed E-state index contributed by atoms with van der Waals surface area (Å²) in [6.45, 7) is 1.27. The third-order valence-corrected chi connectivity index (χ3v) is 3.72. The molecule has 0 aliphatic carbocycles. The lowest BCUT2D eigenvalue weighted by molar-refractivity contribution is 0.0704. The number of hydrogen-bond donors (Lipinski definition) is 1. The van der Waals surface area contributed by atoms with Crippen molar-refractivity contribution < 1.29 is 9.21 Å². The van der Waals surface area contributed by atoms with Crippen LogP contribution in [0.5, 0.6) is 0 Å². The van der Waals surface area contributed by atoms with Gasteiger partial charge in [0.05, 0.1) is 6.20 Å². The first-order valence-corrected chi connectivity index (χ1v) is 6.60. The molecule has 1 aromatic carbocycles. The summed E-state index contributed by atoms with van der Waals surface area (Å²) in [5.41, 5.74) is 2.95. The van der Waals surface area contributed by atoms with Crippen molar-refractivity contribution in [2.24, 2.45) is 0 Å². The van der Waals surface area contributed by atoms with E-state index in [-0.39, 0.29) is 5.91 Å². The molecule has 100 valence electrons. The van der Waals surface area contributed by atoms with Gasteiger partial charge in [0.2, 0.25) is 0 Å². The fourth-order valence-electron chi connectivity index (χ4n) is 2.64. The first kappa shape index (κ1) is 11.3. The molecule has 3 heterocycles. The topological polar surface area (TPSA) is 62.1 Å². The van der Waals surface area contributed by atoms with Crippen molar-refractivity contribution in [3.05, 3.63) is 53.5 Å². The van der Waals surface area contributed by atoms with Crippen molar-refractivity contribution >= 4 is 16.9 Å². The Labute approximate surface area is 115 Å². The highest BCUT2D eigenvalue weighted by Gasteiger charge is 2.25. The first-order valence-electron chi connectivity index (χ1n) is 6.60. The fourth-order valence-corrected chi connectivity index (χ4v) is 2.64. The number of fused-ring (bicyclic) bond motifs is 2. The Balaban J connectivity index is 1.64. The molecule has 0 unspecified atom stereocenters. The van der Waals surface area contributed by atoms with E-state index < -0.39 is 0 Å². The molecule has 1 amide bonds. The van der Waals surface area contributed by atoms with Crippen LogP contribution in [0.2, 0.25) is 0 Å². The first-order chi connectivity index (χ1) is 9.81. The molecule has 0 spiro atoms. The van der Waals surface area contributed by atoms with Crippen LogP contribution in [0.25, 0.3) is 11.0 Å². The quantitative estimate of drug-likeness (QED) is 0.736. The highest BCUT2D eigenvalue weighted by atomic mass is 16.3. The van der Waals surface area contributed by atoms with Crippen LogP contribution in [0, 0.1) is 0 Å². The molecule has 2 aromatic heterocycles. The molecule has 0 saturated heterocycles. The highest BCUT2D eigenvalue weighted by molar-refractivity contribution is 5.96. The summed E-state index contributed by atoms with van der Waals surface area (Å²) in [6, 6.07) is 9.46. The molecule has 5 nitrogen and oxygen atoms in total. The number of furan rings is 1. The van der Waals surface area contributed by atoms with Gasteiger partial charge in [-0.2, -0.15) is 5.10 Å². The third-order valence-electron chi connectivity index (χ3n) is 3.72. The van der Waals surface area contributed by atoms with Crippen LogP contribution < -0.4 is 0 Å². The summed E-state index contributed by atoms with van der Waals surface area (Å²) in [5.74, 6) is 0.339. The average molecular weight is 267 g/mol. The van der Waals surface area contributed by atoms with Gasteiger partial charge in [-0.25, -0.2) is 0 Å². The zero-order chi connectivity index (χ0) is 13.5. The van der Waals surface area contributed by atoms with Crippen molar-refractivity contribution in [1.29, 1.82) is 0 Å². The second-order valence-corrected chi connectivity index (χ2v) is 5.00. The number of para-hydroxylation sites is 1. The van der Waals surface area contributed by atoms with Crippen molar-refractivity contribution in [2.75, 3.05) is 6.54 Å². The van der Waals surface area contributed by atoms with E-state index in [1.54, 1.807) is 11.1 Å². The molecule has 0 saturated carbocycles. The minimum Gasteiger partial charge on any atom is -0.451 e. The number of aromatic nitrogens is 2. The Morgan fingerprint density at radius 3 is 3.15 bits per heavy atom. The normalized spacial score (nSPS) is 14.5. The third kappa shape index (κ3) is 1.71. The summed E-state index contributed by atoms with van der Waals surface area (Å²) in [5, 5.41) is 7.94. The van der Waals surface area contributed by atoms with E-state index in [0.29, 0.717) is 18.8 Å². The fraction of sp³-hybridized carbons (Fsp3) is 0.200. The number of amides is 1. The van der Waals surface area contributed by atoms with Gasteiger partial charge in [0.15, 0.2) is 5.76 Å². The average Bonchev–Trinajstić information content (AvgIpc) is 3.11. The van der Waals surface area contributed by atoms with E-state index >= 15 is 0 Å². The van der Waals surface area contributed by atoms with Crippen LogP contribution in [0.15, 0.2) is 40.9 Å². The molecular formula is C15H13N3O2. The zero-order valence-electron chi connectivity index (χ0n) is 10.8. The van der Waals surface area contributed by atoms with E-state index in [2.05, 4.69) is 10.2 Å². The Morgan fingerprint density at radius 2 is 2.25 bits per heavy atom. The van der Waals surface area contributed by atoms with Crippen molar-refractivity contribution in [3.8, 4) is 0 Å². The minimum atomic E-state index is -0.0620. The largest absolute Gasteiger partial charge is 0.451 e. The molecule has 0 radical (unpaired) electrons. The van der Waals surface area contributed by atoms with Gasteiger partial charge in [-0.15, -0.1) is 0 Å². The molecule has 1 aliphatic heterocycles. The maximum Gasteiger partial charge on any atom is 0.289 e. The van der Waals surface area contributed by atoms with E-state index in [4.69, 9.17) is 4.42 Å². The van der Waals surface area contributed by atoms with Gasteiger partial charge in [-0.1, -0.05) is 18.2 Å². The molecule has 1 aliphatic rings. The lowest BCUT2D eigenvalue weighted by Crippen LogP contribution is -2.35. The molecule has 4 rings (SSSR count). The predicted molar refractivity (Wildman–Crippen MR) is 73.2 cm³/mol. The minimum absolute atomic E-state index is 0.0620. The summed E-state index contributed by atoms with van der Waals surface area (Å²) in [7, 11) is 0. The SMILES string of the molecule is O=C(c1cc2ccccc2o1)N1CCc2[nH]ncc2C1. The number of benzene rings is 1. The molecule has 0 atom stereocenters. The smallest absolute Gasteiger partial charge is 0.289 e. The van der Waals surface area contributed by atoms with E-state index in [1.165, 1.54) is 0 Å². The standard InChI is InChI=1S/C15H13N3O2/c19-15(14-7-10-3-1-2-4-13(10)20-14)18-6-5-12-11(9-18)8-16-17-12/h1-4,7-8H,5-6,9H2,(H,16,17). The van der Waals surface area contributed by atoms with E-state index in [1.807, 2.05) is 30.3 Å². The monoisotopic (exact) mass is 267 g/mol. The number of carbonyl (C=O) groups excluding carboxylic acids is 1. The maximum absolute atomic E-state index is 12.5. The van der Waals surface area contributed by atoms with Crippen LogP contribution in [-0.2, 0) is 13.0 Å². The van der Waals surface area contributed by atoms with Crippen molar-refractivity contribution in [3.63, 3.8) is 0 Å². The van der Waals surface area contributed by atoms with Crippen LogP contribution in [0.4, 0.5) is 0 Å². The van der Waals surface area contributed by atoms with Crippen molar-refractivity contribution in [2.45, 2.75) is 13.0 Å². The highest BCUT2D eigenvalue weighted by Crippen LogP contribution is 2.23. The van der Waals surface area contributed by atoms with Crippen LogP contribution in [0.3, 0.4) is 0 Å². The summed E-state index contributed by atoms with van der Waals surface area (Å²) < 4.78 is 5.64. The molecule has 0 bridgehead atoms. The Bertz CT molecular complexity index is 754. The van der Waals surface area contributed by atoms with Crippen LogP contribution in [0.1, 0.15) is 21.8 Å². The van der Waals surface area contributed by atoms with E-state index in [0.717, 1.165) is 28.6 Å². The summed E-state index contributed by atoms with van der Waals surface area (Å²) in [4.78, 5) is 14.3.